The SMILES string of the molecule is O=C(NC1CC1)c1ccc(CN(C(=O)c2cccc(Oc3ccccc3)c2)C2CC2)cc1. The van der Waals surface area contributed by atoms with Gasteiger partial charge in [-0.1, -0.05) is 36.4 Å². The Morgan fingerprint density at radius 1 is 0.812 bits per heavy atom. The van der Waals surface area contributed by atoms with Gasteiger partial charge in [0.25, 0.3) is 11.8 Å². The van der Waals surface area contributed by atoms with E-state index in [0.717, 1.165) is 37.0 Å². The first-order valence-electron chi connectivity index (χ1n) is 11.2. The molecule has 3 aromatic carbocycles. The average Bonchev–Trinajstić information content (AvgIpc) is 3.74. The van der Waals surface area contributed by atoms with E-state index >= 15 is 0 Å². The van der Waals surface area contributed by atoms with Crippen LogP contribution in [0, 0.1) is 0 Å². The Bertz CT molecular complexity index is 1100. The highest BCUT2D eigenvalue weighted by atomic mass is 16.5. The molecule has 0 radical (unpaired) electrons. The van der Waals surface area contributed by atoms with Gasteiger partial charge < -0.3 is 15.0 Å². The summed E-state index contributed by atoms with van der Waals surface area (Å²) in [4.78, 5) is 27.5. The van der Waals surface area contributed by atoms with Crippen LogP contribution in [0.15, 0.2) is 78.9 Å². The van der Waals surface area contributed by atoms with E-state index in [0.29, 0.717) is 29.5 Å². The molecule has 0 unspecified atom stereocenters. The second-order valence-corrected chi connectivity index (χ2v) is 8.55. The van der Waals surface area contributed by atoms with Crippen molar-refractivity contribution in [2.24, 2.45) is 0 Å². The highest BCUT2D eigenvalue weighted by Crippen LogP contribution is 2.31. The van der Waals surface area contributed by atoms with Crippen LogP contribution in [-0.2, 0) is 6.54 Å². The molecule has 0 bridgehead atoms. The summed E-state index contributed by atoms with van der Waals surface area (Å²) in [5, 5.41) is 3.01. The molecule has 3 aromatic rings. The third-order valence-corrected chi connectivity index (χ3v) is 5.79. The second-order valence-electron chi connectivity index (χ2n) is 8.55. The summed E-state index contributed by atoms with van der Waals surface area (Å²) in [7, 11) is 0. The standard InChI is InChI=1S/C27H26N2O3/c30-26(28-22-13-14-22)20-11-9-19(10-12-20)18-29(23-15-16-23)27(31)21-5-4-8-25(17-21)32-24-6-2-1-3-7-24/h1-12,17,22-23H,13-16,18H2,(H,28,30). The van der Waals surface area contributed by atoms with Gasteiger partial charge in [-0.15, -0.1) is 0 Å². The van der Waals surface area contributed by atoms with E-state index in [9.17, 15) is 9.59 Å². The molecule has 2 aliphatic rings. The molecule has 2 fully saturated rings. The van der Waals surface area contributed by atoms with Crippen molar-refractivity contribution in [1.29, 1.82) is 0 Å². The topological polar surface area (TPSA) is 58.6 Å². The number of nitrogens with zero attached hydrogens (tertiary/aromatic N) is 1. The Morgan fingerprint density at radius 3 is 2.22 bits per heavy atom. The minimum absolute atomic E-state index is 0.00145. The lowest BCUT2D eigenvalue weighted by Crippen LogP contribution is -2.32. The Labute approximate surface area is 188 Å². The second kappa shape index (κ2) is 8.87. The monoisotopic (exact) mass is 426 g/mol. The average molecular weight is 427 g/mol. The quantitative estimate of drug-likeness (QED) is 0.540. The molecule has 5 heteroatoms. The van der Waals surface area contributed by atoms with Crippen molar-refractivity contribution in [1.82, 2.24) is 10.2 Å². The summed E-state index contributed by atoms with van der Waals surface area (Å²) in [6.45, 7) is 0.526. The number of para-hydroxylation sites is 1. The van der Waals surface area contributed by atoms with Gasteiger partial charge in [-0.25, -0.2) is 0 Å². The molecule has 0 atom stereocenters. The summed E-state index contributed by atoms with van der Waals surface area (Å²) in [6, 6.07) is 25.1. The summed E-state index contributed by atoms with van der Waals surface area (Å²) in [5.74, 6) is 1.36. The summed E-state index contributed by atoms with van der Waals surface area (Å²) in [5.41, 5.74) is 2.30. The number of amides is 2. The van der Waals surface area contributed by atoms with Gasteiger partial charge in [0.2, 0.25) is 0 Å². The maximum absolute atomic E-state index is 13.3. The first kappa shape index (κ1) is 20.3. The van der Waals surface area contributed by atoms with Crippen molar-refractivity contribution in [3.8, 4) is 11.5 Å². The van der Waals surface area contributed by atoms with Crippen LogP contribution < -0.4 is 10.1 Å². The van der Waals surface area contributed by atoms with E-state index in [1.54, 1.807) is 6.07 Å². The summed E-state index contributed by atoms with van der Waals surface area (Å²) < 4.78 is 5.90. The van der Waals surface area contributed by atoms with Crippen molar-refractivity contribution in [2.45, 2.75) is 44.3 Å². The Morgan fingerprint density at radius 2 is 1.53 bits per heavy atom. The molecule has 2 saturated carbocycles. The Kier molecular flexibility index (Phi) is 5.63. The molecule has 0 spiro atoms. The first-order chi connectivity index (χ1) is 15.7. The normalized spacial score (nSPS) is 15.1. The van der Waals surface area contributed by atoms with Crippen molar-refractivity contribution in [3.05, 3.63) is 95.6 Å². The lowest BCUT2D eigenvalue weighted by atomic mass is 10.1. The number of carbonyl (C=O) groups is 2. The zero-order chi connectivity index (χ0) is 21.9. The third-order valence-electron chi connectivity index (χ3n) is 5.79. The smallest absolute Gasteiger partial charge is 0.254 e. The maximum Gasteiger partial charge on any atom is 0.254 e. The fourth-order valence-corrected chi connectivity index (χ4v) is 3.69. The molecule has 0 heterocycles. The number of ether oxygens (including phenoxy) is 1. The van der Waals surface area contributed by atoms with E-state index in [4.69, 9.17) is 4.74 Å². The predicted octanol–water partition coefficient (Wildman–Crippen LogP) is 5.18. The van der Waals surface area contributed by atoms with Crippen LogP contribution in [0.4, 0.5) is 0 Å². The molecule has 5 nitrogen and oxygen atoms in total. The largest absolute Gasteiger partial charge is 0.457 e. The van der Waals surface area contributed by atoms with Gasteiger partial charge in [0.15, 0.2) is 0 Å². The zero-order valence-electron chi connectivity index (χ0n) is 17.9. The Balaban J connectivity index is 1.28. The molecular formula is C27H26N2O3. The number of nitrogens with one attached hydrogen (secondary N) is 1. The Hall–Kier alpha value is -3.60. The zero-order valence-corrected chi connectivity index (χ0v) is 17.9. The minimum Gasteiger partial charge on any atom is -0.457 e. The molecule has 32 heavy (non-hydrogen) atoms. The van der Waals surface area contributed by atoms with Gasteiger partial charge in [-0.3, -0.25) is 9.59 Å². The molecule has 0 aromatic heterocycles. The van der Waals surface area contributed by atoms with Crippen molar-refractivity contribution < 1.29 is 14.3 Å². The fourth-order valence-electron chi connectivity index (χ4n) is 3.69. The summed E-state index contributed by atoms with van der Waals surface area (Å²) in [6.07, 6.45) is 4.18. The lowest BCUT2D eigenvalue weighted by molar-refractivity contribution is 0.0729. The summed E-state index contributed by atoms with van der Waals surface area (Å²) >= 11 is 0. The van der Waals surface area contributed by atoms with Crippen molar-refractivity contribution in [2.75, 3.05) is 0 Å². The van der Waals surface area contributed by atoms with Crippen LogP contribution in [0.5, 0.6) is 11.5 Å². The van der Waals surface area contributed by atoms with E-state index < -0.39 is 0 Å². The molecule has 0 saturated heterocycles. The number of hydrogen-bond acceptors (Lipinski definition) is 3. The molecule has 162 valence electrons. The third kappa shape index (κ3) is 4.99. The molecule has 2 aliphatic carbocycles. The van der Waals surface area contributed by atoms with Gasteiger partial charge in [-0.2, -0.15) is 0 Å². The predicted molar refractivity (Wildman–Crippen MR) is 123 cm³/mol. The number of rotatable bonds is 8. The van der Waals surface area contributed by atoms with Gasteiger partial charge >= 0.3 is 0 Å². The highest BCUT2D eigenvalue weighted by Gasteiger charge is 2.33. The van der Waals surface area contributed by atoms with E-state index in [1.165, 1.54) is 0 Å². The molecule has 1 N–H and O–H groups in total. The number of benzene rings is 3. The molecule has 2 amide bonds. The van der Waals surface area contributed by atoms with E-state index in [1.807, 2.05) is 77.7 Å². The fraction of sp³-hybridized carbons (Fsp3) is 0.259. The van der Waals surface area contributed by atoms with Crippen LogP contribution in [0.25, 0.3) is 0 Å². The molecule has 5 rings (SSSR count). The van der Waals surface area contributed by atoms with Gasteiger partial charge in [0.05, 0.1) is 0 Å². The van der Waals surface area contributed by atoms with Gasteiger partial charge in [0, 0.05) is 29.8 Å². The van der Waals surface area contributed by atoms with Gasteiger partial charge in [0.1, 0.15) is 11.5 Å². The van der Waals surface area contributed by atoms with Crippen LogP contribution in [0.1, 0.15) is 52.0 Å². The first-order valence-corrected chi connectivity index (χ1v) is 11.2. The number of hydrogen-bond donors (Lipinski definition) is 1. The number of carbonyl (C=O) groups excluding carboxylic acids is 2. The lowest BCUT2D eigenvalue weighted by Gasteiger charge is -2.23. The highest BCUT2D eigenvalue weighted by molar-refractivity contribution is 5.95. The molecular weight excluding hydrogens is 400 g/mol. The van der Waals surface area contributed by atoms with Crippen molar-refractivity contribution >= 4 is 11.8 Å². The van der Waals surface area contributed by atoms with Crippen LogP contribution in [-0.4, -0.2) is 28.8 Å². The van der Waals surface area contributed by atoms with Crippen LogP contribution >= 0.6 is 0 Å². The molecule has 0 aliphatic heterocycles. The van der Waals surface area contributed by atoms with Crippen LogP contribution in [0.2, 0.25) is 0 Å². The van der Waals surface area contributed by atoms with Crippen LogP contribution in [0.3, 0.4) is 0 Å². The minimum atomic E-state index is -0.0237. The van der Waals surface area contributed by atoms with Crippen molar-refractivity contribution in [3.63, 3.8) is 0 Å². The van der Waals surface area contributed by atoms with E-state index in [2.05, 4.69) is 5.32 Å². The van der Waals surface area contributed by atoms with Gasteiger partial charge in [-0.05, 0) is 73.7 Å². The maximum atomic E-state index is 13.3. The van der Waals surface area contributed by atoms with E-state index in [-0.39, 0.29) is 17.9 Å².